The van der Waals surface area contributed by atoms with Gasteiger partial charge in [0.05, 0.1) is 5.92 Å². The molecule has 2 rings (SSSR count). The molecule has 1 aliphatic heterocycles. The summed E-state index contributed by atoms with van der Waals surface area (Å²) in [6, 6.07) is 6.09. The van der Waals surface area contributed by atoms with Crippen molar-refractivity contribution in [3.8, 4) is 5.75 Å². The molecule has 2 N–H and O–H groups in total. The number of amides is 1. The van der Waals surface area contributed by atoms with Crippen LogP contribution < -0.4 is 15.4 Å². The van der Waals surface area contributed by atoms with Gasteiger partial charge in [-0.1, -0.05) is 12.1 Å². The van der Waals surface area contributed by atoms with Gasteiger partial charge < -0.3 is 15.4 Å². The second-order valence-electron chi connectivity index (χ2n) is 6.40. The quantitative estimate of drug-likeness (QED) is 0.884. The van der Waals surface area contributed by atoms with Gasteiger partial charge in [0, 0.05) is 25.2 Å². The van der Waals surface area contributed by atoms with Crippen molar-refractivity contribution in [2.45, 2.75) is 39.8 Å². The van der Waals surface area contributed by atoms with Crippen molar-refractivity contribution in [2.75, 3.05) is 13.1 Å². The monoisotopic (exact) mass is 276 g/mol. The van der Waals surface area contributed by atoms with Crippen molar-refractivity contribution in [2.24, 2.45) is 5.92 Å². The summed E-state index contributed by atoms with van der Waals surface area (Å²) < 4.78 is 5.98. The number of hydrogen-bond donors (Lipinski definition) is 2. The molecule has 1 saturated heterocycles. The lowest BCUT2D eigenvalue weighted by Gasteiger charge is -2.27. The van der Waals surface area contributed by atoms with Crippen LogP contribution in [0.5, 0.6) is 5.75 Å². The summed E-state index contributed by atoms with van der Waals surface area (Å²) in [4.78, 5) is 11.9. The van der Waals surface area contributed by atoms with Crippen LogP contribution in [-0.2, 0) is 11.3 Å². The second-order valence-corrected chi connectivity index (χ2v) is 6.40. The first kappa shape index (κ1) is 14.9. The Morgan fingerprint density at radius 1 is 1.40 bits per heavy atom. The first-order valence-electron chi connectivity index (χ1n) is 7.12. The highest BCUT2D eigenvalue weighted by Gasteiger charge is 2.24. The van der Waals surface area contributed by atoms with Crippen molar-refractivity contribution in [1.82, 2.24) is 10.6 Å². The van der Waals surface area contributed by atoms with E-state index < -0.39 is 0 Å². The molecule has 1 aliphatic rings. The highest BCUT2D eigenvalue weighted by atomic mass is 16.5. The second kappa shape index (κ2) is 5.83. The Hall–Kier alpha value is -1.55. The third kappa shape index (κ3) is 3.97. The van der Waals surface area contributed by atoms with Gasteiger partial charge in [0.1, 0.15) is 11.4 Å². The molecule has 0 bridgehead atoms. The van der Waals surface area contributed by atoms with Crippen LogP contribution in [0.15, 0.2) is 18.2 Å². The SMILES string of the molecule is Cc1ccc(CNC(=O)C2CNC2)c(OC(C)(C)C)c1. The number of aryl methyl sites for hydroxylation is 1. The largest absolute Gasteiger partial charge is 0.488 e. The molecule has 0 radical (unpaired) electrons. The van der Waals surface area contributed by atoms with Crippen molar-refractivity contribution < 1.29 is 9.53 Å². The summed E-state index contributed by atoms with van der Waals surface area (Å²) in [5.41, 5.74) is 1.93. The Kier molecular flexibility index (Phi) is 4.33. The van der Waals surface area contributed by atoms with Crippen LogP contribution in [0.4, 0.5) is 0 Å². The van der Waals surface area contributed by atoms with Gasteiger partial charge in [-0.15, -0.1) is 0 Å². The minimum atomic E-state index is -0.246. The molecule has 0 atom stereocenters. The maximum Gasteiger partial charge on any atom is 0.225 e. The van der Waals surface area contributed by atoms with Crippen molar-refractivity contribution >= 4 is 5.91 Å². The Morgan fingerprint density at radius 3 is 2.65 bits per heavy atom. The number of nitrogens with one attached hydrogen (secondary N) is 2. The molecule has 0 unspecified atom stereocenters. The summed E-state index contributed by atoms with van der Waals surface area (Å²) in [6.07, 6.45) is 0. The Morgan fingerprint density at radius 2 is 2.10 bits per heavy atom. The molecule has 110 valence electrons. The van der Waals surface area contributed by atoms with Crippen molar-refractivity contribution in [3.05, 3.63) is 29.3 Å². The lowest BCUT2D eigenvalue weighted by atomic mass is 10.0. The smallest absolute Gasteiger partial charge is 0.225 e. The molecular weight excluding hydrogens is 252 g/mol. The highest BCUT2D eigenvalue weighted by Crippen LogP contribution is 2.24. The fraction of sp³-hybridized carbons (Fsp3) is 0.562. The number of hydrogen-bond acceptors (Lipinski definition) is 3. The molecule has 4 heteroatoms. The van der Waals surface area contributed by atoms with Gasteiger partial charge in [-0.05, 0) is 39.3 Å². The molecule has 0 spiro atoms. The van der Waals surface area contributed by atoms with Gasteiger partial charge in [0.2, 0.25) is 5.91 Å². The van der Waals surface area contributed by atoms with E-state index in [2.05, 4.69) is 10.6 Å². The van der Waals surface area contributed by atoms with E-state index in [0.29, 0.717) is 6.54 Å². The van der Waals surface area contributed by atoms with E-state index in [9.17, 15) is 4.79 Å². The zero-order valence-electron chi connectivity index (χ0n) is 12.7. The zero-order valence-corrected chi connectivity index (χ0v) is 12.7. The maximum atomic E-state index is 11.9. The average Bonchev–Trinajstić information content (AvgIpc) is 2.23. The van der Waals surface area contributed by atoms with Crippen molar-refractivity contribution in [1.29, 1.82) is 0 Å². The predicted molar refractivity (Wildman–Crippen MR) is 79.8 cm³/mol. The summed E-state index contributed by atoms with van der Waals surface area (Å²) in [5, 5.41) is 6.09. The number of ether oxygens (including phenoxy) is 1. The molecule has 1 heterocycles. The molecule has 0 saturated carbocycles. The third-order valence-corrected chi connectivity index (χ3v) is 3.24. The summed E-state index contributed by atoms with van der Waals surface area (Å²) in [7, 11) is 0. The van der Waals surface area contributed by atoms with E-state index in [0.717, 1.165) is 30.0 Å². The molecule has 0 aliphatic carbocycles. The topological polar surface area (TPSA) is 50.4 Å². The van der Waals surface area contributed by atoms with Crippen LogP contribution in [0.25, 0.3) is 0 Å². The maximum absolute atomic E-state index is 11.9. The van der Waals surface area contributed by atoms with Crippen LogP contribution in [0.2, 0.25) is 0 Å². The molecule has 1 aromatic rings. The van der Waals surface area contributed by atoms with E-state index in [4.69, 9.17) is 4.74 Å². The minimum Gasteiger partial charge on any atom is -0.488 e. The van der Waals surface area contributed by atoms with Gasteiger partial charge in [-0.3, -0.25) is 4.79 Å². The lowest BCUT2D eigenvalue weighted by molar-refractivity contribution is -0.126. The van der Waals surface area contributed by atoms with Crippen LogP contribution >= 0.6 is 0 Å². The van der Waals surface area contributed by atoms with Crippen LogP contribution in [0, 0.1) is 12.8 Å². The van der Waals surface area contributed by atoms with Gasteiger partial charge in [0.15, 0.2) is 0 Å². The number of carbonyl (C=O) groups is 1. The van der Waals surface area contributed by atoms with E-state index in [1.165, 1.54) is 0 Å². The standard InChI is InChI=1S/C16H24N2O2/c1-11-5-6-12(14(7-11)20-16(2,3)4)10-18-15(19)13-8-17-9-13/h5-7,13,17H,8-10H2,1-4H3,(H,18,19). The molecule has 0 aromatic heterocycles. The molecule has 4 nitrogen and oxygen atoms in total. The number of benzene rings is 1. The van der Waals surface area contributed by atoms with Crippen molar-refractivity contribution in [3.63, 3.8) is 0 Å². The minimum absolute atomic E-state index is 0.117. The molecule has 1 fully saturated rings. The van der Waals surface area contributed by atoms with Crippen LogP contribution in [-0.4, -0.2) is 24.6 Å². The molecule has 1 aromatic carbocycles. The average molecular weight is 276 g/mol. The van der Waals surface area contributed by atoms with Gasteiger partial charge in [-0.25, -0.2) is 0 Å². The van der Waals surface area contributed by atoms with E-state index in [-0.39, 0.29) is 17.4 Å². The van der Waals surface area contributed by atoms with Crippen LogP contribution in [0.1, 0.15) is 31.9 Å². The first-order chi connectivity index (χ1) is 9.35. The van der Waals surface area contributed by atoms with Gasteiger partial charge in [-0.2, -0.15) is 0 Å². The normalized spacial score (nSPS) is 15.6. The lowest BCUT2D eigenvalue weighted by Crippen LogP contribution is -2.50. The van der Waals surface area contributed by atoms with Gasteiger partial charge in [0.25, 0.3) is 0 Å². The molecule has 1 amide bonds. The van der Waals surface area contributed by atoms with E-state index in [1.54, 1.807) is 0 Å². The number of carbonyl (C=O) groups excluding carboxylic acids is 1. The van der Waals surface area contributed by atoms with E-state index in [1.807, 2.05) is 45.9 Å². The Bertz CT molecular complexity index is 488. The summed E-state index contributed by atoms with van der Waals surface area (Å²) in [6.45, 7) is 10.2. The Labute approximate surface area is 120 Å². The fourth-order valence-electron chi connectivity index (χ4n) is 2.03. The molecular formula is C16H24N2O2. The number of rotatable bonds is 4. The highest BCUT2D eigenvalue weighted by molar-refractivity contribution is 5.80. The van der Waals surface area contributed by atoms with Crippen LogP contribution in [0.3, 0.4) is 0 Å². The summed E-state index contributed by atoms with van der Waals surface area (Å²) in [5.74, 6) is 1.09. The zero-order chi connectivity index (χ0) is 14.8. The van der Waals surface area contributed by atoms with E-state index >= 15 is 0 Å². The first-order valence-corrected chi connectivity index (χ1v) is 7.12. The third-order valence-electron chi connectivity index (χ3n) is 3.24. The summed E-state index contributed by atoms with van der Waals surface area (Å²) >= 11 is 0. The molecule has 20 heavy (non-hydrogen) atoms. The fourth-order valence-corrected chi connectivity index (χ4v) is 2.03. The predicted octanol–water partition coefficient (Wildman–Crippen LogP) is 2.01. The Balaban J connectivity index is 2.04. The van der Waals surface area contributed by atoms with Gasteiger partial charge >= 0.3 is 0 Å².